The van der Waals surface area contributed by atoms with E-state index in [1.807, 2.05) is 12.3 Å². The van der Waals surface area contributed by atoms with E-state index in [0.29, 0.717) is 23.7 Å². The summed E-state index contributed by atoms with van der Waals surface area (Å²) in [4.78, 5) is 15.0. The van der Waals surface area contributed by atoms with Gasteiger partial charge in [0.05, 0.1) is 17.8 Å². The van der Waals surface area contributed by atoms with Crippen LogP contribution in [0.1, 0.15) is 16.3 Å². The van der Waals surface area contributed by atoms with Crippen molar-refractivity contribution in [3.05, 3.63) is 45.9 Å². The second-order valence-electron chi connectivity index (χ2n) is 4.22. The lowest BCUT2D eigenvalue weighted by Crippen LogP contribution is -1.98. The van der Waals surface area contributed by atoms with Crippen LogP contribution in [0, 0.1) is 6.92 Å². The average molecular weight is 305 g/mol. The van der Waals surface area contributed by atoms with E-state index in [9.17, 15) is 4.79 Å². The Labute approximate surface area is 126 Å². The molecule has 1 aromatic carbocycles. The fourth-order valence-corrected chi connectivity index (χ4v) is 2.30. The molecule has 1 aromatic heterocycles. The number of nitrogens with zero attached hydrogens (tertiary/aromatic N) is 1. The van der Waals surface area contributed by atoms with Gasteiger partial charge >= 0.3 is 5.97 Å². The Bertz CT molecular complexity index is 663. The number of rotatable bonds is 6. The maximum absolute atomic E-state index is 10.7. The van der Waals surface area contributed by atoms with Gasteiger partial charge in [-0.15, -0.1) is 11.3 Å². The third-order valence-corrected chi connectivity index (χ3v) is 3.49. The van der Waals surface area contributed by atoms with E-state index in [-0.39, 0.29) is 0 Å². The molecule has 0 bridgehead atoms. The van der Waals surface area contributed by atoms with E-state index < -0.39 is 5.97 Å². The zero-order chi connectivity index (χ0) is 15.2. The van der Waals surface area contributed by atoms with Crippen molar-refractivity contribution in [3.63, 3.8) is 0 Å². The highest BCUT2D eigenvalue weighted by Crippen LogP contribution is 2.26. The summed E-state index contributed by atoms with van der Waals surface area (Å²) in [6, 6.07) is 5.24. The second kappa shape index (κ2) is 6.90. The monoisotopic (exact) mass is 305 g/mol. The van der Waals surface area contributed by atoms with Crippen LogP contribution in [0.3, 0.4) is 0 Å². The molecule has 0 saturated carbocycles. The normalized spacial score (nSPS) is 10.8. The van der Waals surface area contributed by atoms with Gasteiger partial charge in [-0.2, -0.15) is 0 Å². The lowest BCUT2D eigenvalue weighted by Gasteiger charge is -2.09. The Morgan fingerprint density at radius 1 is 1.48 bits per heavy atom. The van der Waals surface area contributed by atoms with Crippen LogP contribution in [0.2, 0.25) is 0 Å². The molecule has 2 rings (SSSR count). The van der Waals surface area contributed by atoms with Gasteiger partial charge in [0, 0.05) is 17.0 Å². The highest BCUT2D eigenvalue weighted by Gasteiger charge is 2.06. The number of ether oxygens (including phenoxy) is 2. The Balaban J connectivity index is 2.18. The number of aryl methyl sites for hydroxylation is 1. The van der Waals surface area contributed by atoms with E-state index in [0.717, 1.165) is 16.8 Å². The van der Waals surface area contributed by atoms with Crippen molar-refractivity contribution < 1.29 is 19.4 Å². The lowest BCUT2D eigenvalue weighted by atomic mass is 10.1. The van der Waals surface area contributed by atoms with E-state index in [2.05, 4.69) is 4.98 Å². The fraction of sp³-hybridized carbons (Fsp3) is 0.200. The number of carboxylic acids is 1. The Kier molecular flexibility index (Phi) is 4.94. The fourth-order valence-electron chi connectivity index (χ4n) is 1.70. The van der Waals surface area contributed by atoms with Crippen LogP contribution in [0.4, 0.5) is 0 Å². The van der Waals surface area contributed by atoms with Crippen molar-refractivity contribution in [1.82, 2.24) is 4.98 Å². The molecule has 5 nitrogen and oxygen atoms in total. The van der Waals surface area contributed by atoms with Crippen molar-refractivity contribution in [2.24, 2.45) is 0 Å². The molecule has 0 spiro atoms. The van der Waals surface area contributed by atoms with Gasteiger partial charge in [-0.25, -0.2) is 9.78 Å². The van der Waals surface area contributed by atoms with Crippen LogP contribution >= 0.6 is 11.3 Å². The molecule has 0 aliphatic heterocycles. The number of benzene rings is 1. The van der Waals surface area contributed by atoms with E-state index >= 15 is 0 Å². The zero-order valence-electron chi connectivity index (χ0n) is 11.7. The number of aliphatic carboxylic acids is 1. The van der Waals surface area contributed by atoms with Gasteiger partial charge in [0.25, 0.3) is 0 Å². The average Bonchev–Trinajstić information content (AvgIpc) is 2.88. The quantitative estimate of drug-likeness (QED) is 0.830. The van der Waals surface area contributed by atoms with E-state index in [4.69, 9.17) is 14.6 Å². The van der Waals surface area contributed by atoms with Gasteiger partial charge in [0.15, 0.2) is 0 Å². The van der Waals surface area contributed by atoms with E-state index in [1.165, 1.54) is 6.08 Å². The second-order valence-corrected chi connectivity index (χ2v) is 5.28. The van der Waals surface area contributed by atoms with Gasteiger partial charge in [0.2, 0.25) is 0 Å². The minimum atomic E-state index is -1.01. The molecule has 0 aliphatic rings. The molecule has 0 saturated heterocycles. The molecule has 0 radical (unpaired) electrons. The molecule has 0 atom stereocenters. The van der Waals surface area contributed by atoms with Crippen molar-refractivity contribution >= 4 is 23.4 Å². The van der Waals surface area contributed by atoms with Gasteiger partial charge in [-0.1, -0.05) is 0 Å². The van der Waals surface area contributed by atoms with Crippen LogP contribution in [0.25, 0.3) is 6.08 Å². The number of carboxylic acid groups (broad SMARTS) is 1. The first-order valence-corrected chi connectivity index (χ1v) is 7.09. The summed E-state index contributed by atoms with van der Waals surface area (Å²) in [6.07, 6.45) is 2.54. The molecule has 0 unspecified atom stereocenters. The lowest BCUT2D eigenvalue weighted by molar-refractivity contribution is -0.131. The Hall–Kier alpha value is -2.34. The first kappa shape index (κ1) is 15.1. The number of hydrogen-bond donors (Lipinski definition) is 1. The van der Waals surface area contributed by atoms with E-state index in [1.54, 1.807) is 36.6 Å². The summed E-state index contributed by atoms with van der Waals surface area (Å²) in [5, 5.41) is 11.7. The number of aromatic nitrogens is 1. The summed E-state index contributed by atoms with van der Waals surface area (Å²) in [7, 11) is 1.55. The maximum Gasteiger partial charge on any atom is 0.328 e. The highest BCUT2D eigenvalue weighted by molar-refractivity contribution is 7.09. The van der Waals surface area contributed by atoms with Crippen LogP contribution < -0.4 is 9.47 Å². The standard InChI is InChI=1S/C15H15NO4S/c1-10-16-12(9-21-10)8-20-14-5-4-13(19-2)7-11(14)3-6-15(17)18/h3-7,9H,8H2,1-2H3,(H,17,18)/b6-3+. The van der Waals surface area contributed by atoms with Crippen LogP contribution in [0.15, 0.2) is 29.7 Å². The molecule has 21 heavy (non-hydrogen) atoms. The summed E-state index contributed by atoms with van der Waals surface area (Å²) in [6.45, 7) is 2.27. The first-order valence-electron chi connectivity index (χ1n) is 6.21. The molecule has 110 valence electrons. The van der Waals surface area contributed by atoms with Gasteiger partial charge < -0.3 is 14.6 Å². The van der Waals surface area contributed by atoms with Gasteiger partial charge in [0.1, 0.15) is 18.1 Å². The van der Waals surface area contributed by atoms with Crippen molar-refractivity contribution in [3.8, 4) is 11.5 Å². The highest BCUT2D eigenvalue weighted by atomic mass is 32.1. The SMILES string of the molecule is COc1ccc(OCc2csc(C)n2)c(/C=C/C(=O)O)c1. The number of thiazole rings is 1. The molecule has 0 amide bonds. The number of methoxy groups -OCH3 is 1. The molecular formula is C15H15NO4S. The zero-order valence-corrected chi connectivity index (χ0v) is 12.5. The molecule has 6 heteroatoms. The van der Waals surface area contributed by atoms with Crippen molar-refractivity contribution in [2.75, 3.05) is 7.11 Å². The van der Waals surface area contributed by atoms with Gasteiger partial charge in [-0.05, 0) is 31.2 Å². The van der Waals surface area contributed by atoms with Crippen LogP contribution in [-0.4, -0.2) is 23.2 Å². The summed E-state index contributed by atoms with van der Waals surface area (Å²) in [5.74, 6) is 0.203. The molecule has 1 heterocycles. The third-order valence-electron chi connectivity index (χ3n) is 2.66. The minimum Gasteiger partial charge on any atom is -0.497 e. The van der Waals surface area contributed by atoms with Gasteiger partial charge in [-0.3, -0.25) is 0 Å². The Morgan fingerprint density at radius 3 is 2.90 bits per heavy atom. The predicted molar refractivity (Wildman–Crippen MR) is 80.8 cm³/mol. The summed E-state index contributed by atoms with van der Waals surface area (Å²) < 4.78 is 10.8. The Morgan fingerprint density at radius 2 is 2.29 bits per heavy atom. The van der Waals surface area contributed by atoms with Crippen molar-refractivity contribution in [2.45, 2.75) is 13.5 Å². The number of carbonyl (C=O) groups is 1. The van der Waals surface area contributed by atoms with Crippen LogP contribution in [-0.2, 0) is 11.4 Å². The summed E-state index contributed by atoms with van der Waals surface area (Å²) >= 11 is 1.56. The molecular weight excluding hydrogens is 290 g/mol. The minimum absolute atomic E-state index is 0.338. The first-order chi connectivity index (χ1) is 10.1. The maximum atomic E-state index is 10.7. The smallest absolute Gasteiger partial charge is 0.328 e. The predicted octanol–water partition coefficient (Wildman–Crippen LogP) is 3.14. The molecule has 2 aromatic rings. The molecule has 0 aliphatic carbocycles. The molecule has 1 N–H and O–H groups in total. The largest absolute Gasteiger partial charge is 0.497 e. The molecule has 0 fully saturated rings. The topological polar surface area (TPSA) is 68.7 Å². The number of hydrogen-bond acceptors (Lipinski definition) is 5. The van der Waals surface area contributed by atoms with Crippen LogP contribution in [0.5, 0.6) is 11.5 Å². The van der Waals surface area contributed by atoms with Crippen molar-refractivity contribution in [1.29, 1.82) is 0 Å². The third kappa shape index (κ3) is 4.32. The summed E-state index contributed by atoms with van der Waals surface area (Å²) in [5.41, 5.74) is 1.49.